The molecule has 1 aliphatic rings. The molecule has 1 saturated heterocycles. The van der Waals surface area contributed by atoms with E-state index in [4.69, 9.17) is 0 Å². The zero-order valence-electron chi connectivity index (χ0n) is 15.4. The van der Waals surface area contributed by atoms with Gasteiger partial charge in [-0.2, -0.15) is 5.10 Å². The van der Waals surface area contributed by atoms with Crippen molar-refractivity contribution >= 4 is 11.3 Å². The van der Waals surface area contributed by atoms with Crippen molar-refractivity contribution in [2.24, 2.45) is 0 Å². The van der Waals surface area contributed by atoms with Gasteiger partial charge in [-0.05, 0) is 41.6 Å². The number of rotatable bonds is 7. The summed E-state index contributed by atoms with van der Waals surface area (Å²) in [5.74, 6) is 0. The predicted molar refractivity (Wildman–Crippen MR) is 109 cm³/mol. The van der Waals surface area contributed by atoms with Crippen LogP contribution in [0.2, 0.25) is 0 Å². The van der Waals surface area contributed by atoms with E-state index in [9.17, 15) is 5.11 Å². The van der Waals surface area contributed by atoms with Gasteiger partial charge in [-0.15, -0.1) is 11.3 Å². The first kappa shape index (κ1) is 18.4. The Morgan fingerprint density at radius 1 is 1.11 bits per heavy atom. The van der Waals surface area contributed by atoms with Gasteiger partial charge >= 0.3 is 0 Å². The van der Waals surface area contributed by atoms with Gasteiger partial charge in [0.05, 0.1) is 5.69 Å². The van der Waals surface area contributed by atoms with Crippen LogP contribution in [0.1, 0.15) is 16.9 Å². The molecule has 6 heteroatoms. The fraction of sp³-hybridized carbons (Fsp3) is 0.381. The Balaban J connectivity index is 1.41. The van der Waals surface area contributed by atoms with Gasteiger partial charge in [0.25, 0.3) is 0 Å². The second-order valence-corrected chi connectivity index (χ2v) is 8.10. The minimum atomic E-state index is 0.244. The van der Waals surface area contributed by atoms with E-state index in [1.807, 2.05) is 28.3 Å². The van der Waals surface area contributed by atoms with Crippen molar-refractivity contribution in [1.82, 2.24) is 19.6 Å². The lowest BCUT2D eigenvalue weighted by Crippen LogP contribution is -2.52. The number of aromatic nitrogens is 2. The van der Waals surface area contributed by atoms with E-state index in [1.165, 1.54) is 10.4 Å². The molecule has 1 N–H and O–H groups in total. The lowest BCUT2D eigenvalue weighted by Gasteiger charge is -2.41. The summed E-state index contributed by atoms with van der Waals surface area (Å²) in [6.45, 7) is 5.27. The Morgan fingerprint density at radius 3 is 2.85 bits per heavy atom. The Labute approximate surface area is 164 Å². The monoisotopic (exact) mass is 382 g/mol. The van der Waals surface area contributed by atoms with Gasteiger partial charge in [0.1, 0.15) is 0 Å². The summed E-state index contributed by atoms with van der Waals surface area (Å²) in [5, 5.41) is 16.0. The van der Waals surface area contributed by atoms with Crippen molar-refractivity contribution in [3.63, 3.8) is 0 Å². The summed E-state index contributed by atoms with van der Waals surface area (Å²) in [6, 6.07) is 15.3. The fourth-order valence-electron chi connectivity index (χ4n) is 3.81. The van der Waals surface area contributed by atoms with Crippen LogP contribution in [0.4, 0.5) is 0 Å². The molecule has 1 atom stereocenters. The molecule has 0 unspecified atom stereocenters. The van der Waals surface area contributed by atoms with E-state index in [0.29, 0.717) is 6.04 Å². The second-order valence-electron chi connectivity index (χ2n) is 7.07. The summed E-state index contributed by atoms with van der Waals surface area (Å²) in [6.07, 6.45) is 4.61. The van der Waals surface area contributed by atoms with E-state index in [1.54, 1.807) is 6.20 Å². The SMILES string of the molecule is OCC[C@H]1CN(Cc2cccc(-n3cccn3)c2)CCN1Cc1cccs1. The smallest absolute Gasteiger partial charge is 0.0648 e. The standard InChI is InChI=1S/C21H26N4OS/c26-12-7-20-16-23(10-11-24(20)17-21-6-2-13-27-21)15-18-4-1-5-19(14-18)25-9-3-8-22-25/h1-6,8-9,13-14,20,26H,7,10-12,15-17H2/t20-/m0/s1. The lowest BCUT2D eigenvalue weighted by molar-refractivity contribution is 0.0506. The molecule has 4 rings (SSSR count). The van der Waals surface area contributed by atoms with Gasteiger partial charge in [-0.1, -0.05) is 18.2 Å². The van der Waals surface area contributed by atoms with Gasteiger partial charge in [0, 0.05) is 62.6 Å². The molecule has 1 aliphatic heterocycles. The molecule has 0 bridgehead atoms. The minimum Gasteiger partial charge on any atom is -0.396 e. The Morgan fingerprint density at radius 2 is 2.07 bits per heavy atom. The summed E-state index contributed by atoms with van der Waals surface area (Å²) in [5.41, 5.74) is 2.40. The quantitative estimate of drug-likeness (QED) is 0.682. The highest BCUT2D eigenvalue weighted by atomic mass is 32.1. The highest BCUT2D eigenvalue weighted by molar-refractivity contribution is 7.09. The van der Waals surface area contributed by atoms with Gasteiger partial charge in [-0.25, -0.2) is 4.68 Å². The highest BCUT2D eigenvalue weighted by Crippen LogP contribution is 2.21. The largest absolute Gasteiger partial charge is 0.396 e. The van der Waals surface area contributed by atoms with Crippen LogP contribution in [-0.2, 0) is 13.1 Å². The van der Waals surface area contributed by atoms with E-state index < -0.39 is 0 Å². The molecule has 1 aromatic carbocycles. The molecule has 0 spiro atoms. The molecule has 2 aromatic heterocycles. The molecule has 3 aromatic rings. The van der Waals surface area contributed by atoms with E-state index >= 15 is 0 Å². The van der Waals surface area contributed by atoms with Crippen LogP contribution in [-0.4, -0.2) is 57.0 Å². The Bertz CT molecular complexity index is 819. The maximum Gasteiger partial charge on any atom is 0.0648 e. The molecule has 1 fully saturated rings. The van der Waals surface area contributed by atoms with Gasteiger partial charge < -0.3 is 5.11 Å². The third kappa shape index (κ3) is 4.65. The first-order valence-corrected chi connectivity index (χ1v) is 10.4. The zero-order valence-corrected chi connectivity index (χ0v) is 16.3. The number of benzene rings is 1. The number of aliphatic hydroxyl groups excluding tert-OH is 1. The van der Waals surface area contributed by atoms with Crippen LogP contribution in [0, 0.1) is 0 Å². The molecular formula is C21H26N4OS. The van der Waals surface area contributed by atoms with Gasteiger partial charge in [0.15, 0.2) is 0 Å². The summed E-state index contributed by atoms with van der Waals surface area (Å²) in [7, 11) is 0. The van der Waals surface area contributed by atoms with Crippen molar-refractivity contribution in [1.29, 1.82) is 0 Å². The number of hydrogen-bond acceptors (Lipinski definition) is 5. The summed E-state index contributed by atoms with van der Waals surface area (Å²) in [4.78, 5) is 6.44. The molecule has 0 saturated carbocycles. The average Bonchev–Trinajstić information content (AvgIpc) is 3.38. The maximum absolute atomic E-state index is 9.53. The fourth-order valence-corrected chi connectivity index (χ4v) is 4.54. The molecule has 3 heterocycles. The Kier molecular flexibility index (Phi) is 5.99. The highest BCUT2D eigenvalue weighted by Gasteiger charge is 2.26. The predicted octanol–water partition coefficient (Wildman–Crippen LogP) is 3.00. The van der Waals surface area contributed by atoms with E-state index in [0.717, 1.165) is 44.8 Å². The van der Waals surface area contributed by atoms with Crippen LogP contribution < -0.4 is 0 Å². The zero-order chi connectivity index (χ0) is 18.5. The van der Waals surface area contributed by atoms with Crippen molar-refractivity contribution in [2.45, 2.75) is 25.6 Å². The third-order valence-corrected chi connectivity index (χ3v) is 6.04. The van der Waals surface area contributed by atoms with Crippen molar-refractivity contribution in [3.8, 4) is 5.69 Å². The molecule has 0 aliphatic carbocycles. The number of aliphatic hydroxyl groups is 1. The molecule has 0 amide bonds. The van der Waals surface area contributed by atoms with Crippen LogP contribution in [0.3, 0.4) is 0 Å². The number of nitrogens with zero attached hydrogens (tertiary/aromatic N) is 4. The Hall–Kier alpha value is -1.99. The second kappa shape index (κ2) is 8.80. The van der Waals surface area contributed by atoms with E-state index in [-0.39, 0.29) is 6.61 Å². The third-order valence-electron chi connectivity index (χ3n) is 5.18. The van der Waals surface area contributed by atoms with Crippen molar-refractivity contribution in [2.75, 3.05) is 26.2 Å². The average molecular weight is 383 g/mol. The lowest BCUT2D eigenvalue weighted by atomic mass is 10.1. The molecule has 142 valence electrons. The molecular weight excluding hydrogens is 356 g/mol. The van der Waals surface area contributed by atoms with Crippen LogP contribution in [0.15, 0.2) is 60.2 Å². The molecule has 0 radical (unpaired) electrons. The van der Waals surface area contributed by atoms with Crippen LogP contribution in [0.5, 0.6) is 0 Å². The summed E-state index contributed by atoms with van der Waals surface area (Å²) >= 11 is 1.81. The van der Waals surface area contributed by atoms with Gasteiger partial charge in [0.2, 0.25) is 0 Å². The molecule has 5 nitrogen and oxygen atoms in total. The van der Waals surface area contributed by atoms with Gasteiger partial charge in [-0.3, -0.25) is 9.80 Å². The maximum atomic E-state index is 9.53. The number of thiophene rings is 1. The van der Waals surface area contributed by atoms with Crippen molar-refractivity contribution < 1.29 is 5.11 Å². The van der Waals surface area contributed by atoms with Crippen molar-refractivity contribution in [3.05, 3.63) is 70.7 Å². The van der Waals surface area contributed by atoms with Crippen LogP contribution in [0.25, 0.3) is 5.69 Å². The summed E-state index contributed by atoms with van der Waals surface area (Å²) < 4.78 is 1.90. The number of piperazine rings is 1. The van der Waals surface area contributed by atoms with Crippen LogP contribution >= 0.6 is 11.3 Å². The minimum absolute atomic E-state index is 0.244. The van der Waals surface area contributed by atoms with E-state index in [2.05, 4.69) is 56.7 Å². The topological polar surface area (TPSA) is 44.5 Å². The molecule has 27 heavy (non-hydrogen) atoms. The first-order chi connectivity index (χ1) is 13.3. The number of hydrogen-bond donors (Lipinski definition) is 1. The first-order valence-electron chi connectivity index (χ1n) is 9.50. The normalized spacial score (nSPS) is 18.8.